The van der Waals surface area contributed by atoms with Gasteiger partial charge >= 0.3 is 0 Å². The fourth-order valence-electron chi connectivity index (χ4n) is 0.714. The molecule has 0 aliphatic heterocycles. The molecule has 0 aliphatic carbocycles. The minimum absolute atomic E-state index is 0. The SMILES string of the molecule is CCc1ccccc1.O. The lowest BCUT2D eigenvalue weighted by Crippen LogP contribution is -1.73. The summed E-state index contributed by atoms with van der Waals surface area (Å²) in [6, 6.07) is 10.5. The Bertz CT molecular complexity index is 146. The molecule has 0 atom stereocenters. The molecule has 0 saturated heterocycles. The van der Waals surface area contributed by atoms with E-state index in [0.29, 0.717) is 0 Å². The van der Waals surface area contributed by atoms with Crippen molar-refractivity contribution in [3.63, 3.8) is 0 Å². The van der Waals surface area contributed by atoms with Gasteiger partial charge < -0.3 is 5.48 Å². The van der Waals surface area contributed by atoms with Gasteiger partial charge in [0, 0.05) is 0 Å². The Morgan fingerprint density at radius 2 is 1.67 bits per heavy atom. The van der Waals surface area contributed by atoms with Gasteiger partial charge in [-0.05, 0) is 12.0 Å². The summed E-state index contributed by atoms with van der Waals surface area (Å²) in [6.07, 6.45) is 1.14. The molecule has 2 N–H and O–H groups in total. The van der Waals surface area contributed by atoms with E-state index >= 15 is 0 Å². The first kappa shape index (κ1) is 8.18. The van der Waals surface area contributed by atoms with E-state index in [1.54, 1.807) is 0 Å². The van der Waals surface area contributed by atoms with Crippen LogP contribution in [0.1, 0.15) is 12.5 Å². The van der Waals surface area contributed by atoms with Crippen LogP contribution in [0.4, 0.5) is 0 Å². The van der Waals surface area contributed by atoms with Crippen LogP contribution in [0.25, 0.3) is 0 Å². The number of aryl methyl sites for hydroxylation is 1. The lowest BCUT2D eigenvalue weighted by molar-refractivity contribution is 0.824. The van der Waals surface area contributed by atoms with Crippen LogP contribution in [0.15, 0.2) is 30.3 Å². The molecule has 9 heavy (non-hydrogen) atoms. The summed E-state index contributed by atoms with van der Waals surface area (Å²) < 4.78 is 0. The topological polar surface area (TPSA) is 31.5 Å². The molecule has 0 aliphatic rings. The molecule has 0 aromatic heterocycles. The Morgan fingerprint density at radius 3 is 2.00 bits per heavy atom. The van der Waals surface area contributed by atoms with Crippen molar-refractivity contribution in [1.82, 2.24) is 0 Å². The molecule has 0 unspecified atom stereocenters. The smallest absolute Gasteiger partial charge is 0.0307 e. The molecule has 0 heterocycles. The molecule has 0 radical (unpaired) electrons. The maximum Gasteiger partial charge on any atom is -0.0307 e. The Labute approximate surface area is 55.6 Å². The first-order chi connectivity index (χ1) is 3.93. The van der Waals surface area contributed by atoms with Gasteiger partial charge in [0.1, 0.15) is 0 Å². The maximum absolute atomic E-state index is 2.16. The molecule has 1 rings (SSSR count). The molecule has 0 fully saturated rings. The summed E-state index contributed by atoms with van der Waals surface area (Å²) in [6.45, 7) is 2.16. The van der Waals surface area contributed by atoms with Gasteiger partial charge in [0.2, 0.25) is 0 Å². The van der Waals surface area contributed by atoms with Gasteiger partial charge in [0.15, 0.2) is 0 Å². The highest BCUT2D eigenvalue weighted by Crippen LogP contribution is 1.96. The molecular weight excluding hydrogens is 112 g/mol. The quantitative estimate of drug-likeness (QED) is 0.542. The second-order valence-corrected chi connectivity index (χ2v) is 1.84. The van der Waals surface area contributed by atoms with Crippen LogP contribution in [0.3, 0.4) is 0 Å². The van der Waals surface area contributed by atoms with Gasteiger partial charge in [-0.25, -0.2) is 0 Å². The summed E-state index contributed by atoms with van der Waals surface area (Å²) in [7, 11) is 0. The second-order valence-electron chi connectivity index (χ2n) is 1.84. The van der Waals surface area contributed by atoms with Crippen molar-refractivity contribution in [2.24, 2.45) is 0 Å². The predicted molar refractivity (Wildman–Crippen MR) is 39.4 cm³/mol. The average molecular weight is 124 g/mol. The van der Waals surface area contributed by atoms with Crippen LogP contribution in [-0.2, 0) is 6.42 Å². The molecule has 1 heteroatoms. The summed E-state index contributed by atoms with van der Waals surface area (Å²) in [5.74, 6) is 0. The van der Waals surface area contributed by atoms with Crippen molar-refractivity contribution in [3.05, 3.63) is 35.9 Å². The molecule has 1 aromatic rings. The molecular formula is C8H12O. The van der Waals surface area contributed by atoms with Crippen molar-refractivity contribution >= 4 is 0 Å². The highest BCUT2D eigenvalue weighted by molar-refractivity contribution is 5.13. The van der Waals surface area contributed by atoms with Crippen LogP contribution < -0.4 is 0 Å². The summed E-state index contributed by atoms with van der Waals surface area (Å²) >= 11 is 0. The van der Waals surface area contributed by atoms with Gasteiger partial charge in [0.25, 0.3) is 0 Å². The molecule has 0 bridgehead atoms. The van der Waals surface area contributed by atoms with Crippen LogP contribution in [0.2, 0.25) is 0 Å². The monoisotopic (exact) mass is 124 g/mol. The predicted octanol–water partition coefficient (Wildman–Crippen LogP) is 1.42. The first-order valence-corrected chi connectivity index (χ1v) is 2.97. The van der Waals surface area contributed by atoms with Crippen LogP contribution in [0, 0.1) is 0 Å². The van der Waals surface area contributed by atoms with Crippen molar-refractivity contribution in [2.45, 2.75) is 13.3 Å². The molecule has 1 aromatic carbocycles. The molecule has 0 spiro atoms. The zero-order chi connectivity index (χ0) is 5.82. The lowest BCUT2D eigenvalue weighted by atomic mass is 10.2. The first-order valence-electron chi connectivity index (χ1n) is 2.97. The fraction of sp³-hybridized carbons (Fsp3) is 0.250. The molecule has 0 amide bonds. The normalized spacial score (nSPS) is 8.11. The van der Waals surface area contributed by atoms with Crippen molar-refractivity contribution < 1.29 is 5.48 Å². The van der Waals surface area contributed by atoms with E-state index in [1.807, 2.05) is 6.07 Å². The van der Waals surface area contributed by atoms with E-state index < -0.39 is 0 Å². The van der Waals surface area contributed by atoms with E-state index in [-0.39, 0.29) is 5.48 Å². The van der Waals surface area contributed by atoms with Gasteiger partial charge in [0.05, 0.1) is 0 Å². The lowest BCUT2D eigenvalue weighted by Gasteiger charge is -1.89. The number of rotatable bonds is 1. The van der Waals surface area contributed by atoms with E-state index in [9.17, 15) is 0 Å². The van der Waals surface area contributed by atoms with E-state index in [1.165, 1.54) is 5.56 Å². The van der Waals surface area contributed by atoms with Crippen molar-refractivity contribution in [3.8, 4) is 0 Å². The van der Waals surface area contributed by atoms with E-state index in [0.717, 1.165) is 6.42 Å². The average Bonchev–Trinajstić information content (AvgIpc) is 1.90. The zero-order valence-electron chi connectivity index (χ0n) is 5.59. The Balaban J connectivity index is 0.000000640. The number of hydrogen-bond donors (Lipinski definition) is 0. The van der Waals surface area contributed by atoms with Gasteiger partial charge in [-0.3, -0.25) is 0 Å². The van der Waals surface area contributed by atoms with E-state index in [2.05, 4.69) is 31.2 Å². The highest BCUT2D eigenvalue weighted by atomic mass is 16.0. The highest BCUT2D eigenvalue weighted by Gasteiger charge is 1.79. The molecule has 50 valence electrons. The van der Waals surface area contributed by atoms with Gasteiger partial charge in [-0.2, -0.15) is 0 Å². The summed E-state index contributed by atoms with van der Waals surface area (Å²) in [4.78, 5) is 0. The number of hydrogen-bond acceptors (Lipinski definition) is 0. The third-order valence-electron chi connectivity index (χ3n) is 1.25. The third kappa shape index (κ3) is 2.29. The summed E-state index contributed by atoms with van der Waals surface area (Å²) in [5.41, 5.74) is 1.41. The second kappa shape index (κ2) is 4.10. The van der Waals surface area contributed by atoms with Crippen LogP contribution in [0.5, 0.6) is 0 Å². The Hall–Kier alpha value is -0.820. The van der Waals surface area contributed by atoms with Crippen LogP contribution in [-0.4, -0.2) is 5.48 Å². The van der Waals surface area contributed by atoms with Crippen molar-refractivity contribution in [1.29, 1.82) is 0 Å². The van der Waals surface area contributed by atoms with Gasteiger partial charge in [-0.15, -0.1) is 0 Å². The largest absolute Gasteiger partial charge is 0.412 e. The van der Waals surface area contributed by atoms with Crippen molar-refractivity contribution in [2.75, 3.05) is 0 Å². The fourth-order valence-corrected chi connectivity index (χ4v) is 0.714. The minimum atomic E-state index is 0. The Kier molecular flexibility index (Phi) is 3.72. The molecule has 0 saturated carbocycles. The van der Waals surface area contributed by atoms with E-state index in [4.69, 9.17) is 0 Å². The molecule has 1 nitrogen and oxygen atoms in total. The Morgan fingerprint density at radius 1 is 1.11 bits per heavy atom. The standard InChI is InChI=1S/C8H10.H2O/c1-2-8-6-4-3-5-7-8;/h3-7H,2H2,1H3;1H2. The van der Waals surface area contributed by atoms with Crippen LogP contribution >= 0.6 is 0 Å². The third-order valence-corrected chi connectivity index (χ3v) is 1.25. The van der Waals surface area contributed by atoms with Gasteiger partial charge in [-0.1, -0.05) is 37.3 Å². The zero-order valence-corrected chi connectivity index (χ0v) is 5.59. The minimum Gasteiger partial charge on any atom is -0.412 e. The number of benzene rings is 1. The summed E-state index contributed by atoms with van der Waals surface area (Å²) in [5, 5.41) is 0. The maximum atomic E-state index is 2.16.